The molecule has 0 amide bonds. The van der Waals surface area contributed by atoms with Crippen molar-refractivity contribution in [1.29, 1.82) is 0 Å². The number of carbonyl (C=O) groups is 1. The summed E-state index contributed by atoms with van der Waals surface area (Å²) >= 11 is 0. The van der Waals surface area contributed by atoms with E-state index < -0.39 is 23.1 Å². The minimum atomic E-state index is -4.49. The highest BCUT2D eigenvalue weighted by molar-refractivity contribution is 5.74. The van der Waals surface area contributed by atoms with Crippen LogP contribution >= 0.6 is 0 Å². The fourth-order valence-electron chi connectivity index (χ4n) is 1.63. The molecule has 106 valence electrons. The van der Waals surface area contributed by atoms with E-state index in [1.807, 2.05) is 0 Å². The highest BCUT2D eigenvalue weighted by Gasteiger charge is 2.33. The lowest BCUT2D eigenvalue weighted by molar-refractivity contribution is -0.146. The summed E-state index contributed by atoms with van der Waals surface area (Å²) in [5.41, 5.74) is -1.71. The molecular formula is C13H15F3O3. The number of halogens is 3. The largest absolute Gasteiger partial charge is 0.497 e. The molecule has 0 aliphatic heterocycles. The van der Waals surface area contributed by atoms with Crippen molar-refractivity contribution in [3.63, 3.8) is 0 Å². The van der Waals surface area contributed by atoms with Gasteiger partial charge in [0.2, 0.25) is 0 Å². The normalized spacial score (nSPS) is 12.3. The van der Waals surface area contributed by atoms with Crippen LogP contribution in [0.3, 0.4) is 0 Å². The number of alkyl halides is 3. The molecule has 0 fully saturated rings. The van der Waals surface area contributed by atoms with Crippen molar-refractivity contribution < 1.29 is 27.8 Å². The summed E-state index contributed by atoms with van der Waals surface area (Å²) in [5.74, 6) is -1.00. The molecule has 0 radical (unpaired) electrons. The highest BCUT2D eigenvalue weighted by atomic mass is 19.4. The monoisotopic (exact) mass is 276 g/mol. The Hall–Kier alpha value is -1.72. The van der Waals surface area contributed by atoms with Gasteiger partial charge in [0.1, 0.15) is 5.75 Å². The van der Waals surface area contributed by atoms with Crippen LogP contribution in [0, 0.1) is 5.41 Å². The number of methoxy groups -OCH3 is 1. The Morgan fingerprint density at radius 1 is 1.26 bits per heavy atom. The molecule has 1 N–H and O–H groups in total. The molecule has 0 atom stereocenters. The van der Waals surface area contributed by atoms with Gasteiger partial charge in [-0.25, -0.2) is 0 Å². The summed E-state index contributed by atoms with van der Waals surface area (Å²) in [6.45, 7) is 2.92. The van der Waals surface area contributed by atoms with Gasteiger partial charge in [-0.3, -0.25) is 4.79 Å². The first kappa shape index (κ1) is 15.3. The molecule has 0 bridgehead atoms. The van der Waals surface area contributed by atoms with E-state index >= 15 is 0 Å². The van der Waals surface area contributed by atoms with Crippen LogP contribution < -0.4 is 4.74 Å². The Morgan fingerprint density at radius 2 is 1.84 bits per heavy atom. The van der Waals surface area contributed by atoms with Crippen molar-refractivity contribution >= 4 is 5.97 Å². The molecule has 1 rings (SSSR count). The Kier molecular flexibility index (Phi) is 4.12. The summed E-state index contributed by atoms with van der Waals surface area (Å²) < 4.78 is 42.9. The number of hydrogen-bond donors (Lipinski definition) is 1. The predicted molar refractivity (Wildman–Crippen MR) is 63.1 cm³/mol. The van der Waals surface area contributed by atoms with Gasteiger partial charge < -0.3 is 9.84 Å². The highest BCUT2D eigenvalue weighted by Crippen LogP contribution is 2.34. The Labute approximate surface area is 109 Å². The van der Waals surface area contributed by atoms with Gasteiger partial charge >= 0.3 is 12.1 Å². The molecule has 0 aliphatic carbocycles. The summed E-state index contributed by atoms with van der Waals surface area (Å²) in [6.07, 6.45) is -4.50. The zero-order chi connectivity index (χ0) is 14.8. The van der Waals surface area contributed by atoms with E-state index in [0.717, 1.165) is 12.1 Å². The van der Waals surface area contributed by atoms with E-state index in [0.29, 0.717) is 0 Å². The first-order valence-corrected chi connectivity index (χ1v) is 5.55. The molecule has 0 unspecified atom stereocenters. The fourth-order valence-corrected chi connectivity index (χ4v) is 1.63. The molecular weight excluding hydrogens is 261 g/mol. The number of aliphatic carboxylic acids is 1. The van der Waals surface area contributed by atoms with E-state index in [-0.39, 0.29) is 17.7 Å². The third-order valence-electron chi connectivity index (χ3n) is 2.75. The van der Waals surface area contributed by atoms with Crippen molar-refractivity contribution in [2.24, 2.45) is 5.41 Å². The first-order valence-electron chi connectivity index (χ1n) is 5.55. The van der Waals surface area contributed by atoms with E-state index in [1.54, 1.807) is 0 Å². The second-order valence-electron chi connectivity index (χ2n) is 4.93. The van der Waals surface area contributed by atoms with Crippen LogP contribution in [0.15, 0.2) is 18.2 Å². The molecule has 19 heavy (non-hydrogen) atoms. The smallest absolute Gasteiger partial charge is 0.416 e. The molecule has 0 saturated carbocycles. The maximum Gasteiger partial charge on any atom is 0.416 e. The summed E-state index contributed by atoms with van der Waals surface area (Å²) in [7, 11) is 1.27. The van der Waals surface area contributed by atoms with Crippen LogP contribution in [-0.4, -0.2) is 18.2 Å². The van der Waals surface area contributed by atoms with E-state index in [1.165, 1.54) is 27.0 Å². The average Bonchev–Trinajstić information content (AvgIpc) is 2.26. The van der Waals surface area contributed by atoms with Crippen molar-refractivity contribution in [1.82, 2.24) is 0 Å². The topological polar surface area (TPSA) is 46.5 Å². The molecule has 0 spiro atoms. The number of ether oxygens (including phenoxy) is 1. The third-order valence-corrected chi connectivity index (χ3v) is 2.75. The van der Waals surface area contributed by atoms with Crippen LogP contribution in [0.2, 0.25) is 0 Å². The summed E-state index contributed by atoms with van der Waals surface area (Å²) in [5, 5.41) is 9.00. The molecule has 6 heteroatoms. The zero-order valence-electron chi connectivity index (χ0n) is 10.8. The van der Waals surface area contributed by atoms with Crippen LogP contribution in [0.1, 0.15) is 25.0 Å². The Balaban J connectivity index is 3.18. The van der Waals surface area contributed by atoms with Crippen molar-refractivity contribution in [2.75, 3.05) is 7.11 Å². The van der Waals surface area contributed by atoms with Crippen LogP contribution in [0.4, 0.5) is 13.2 Å². The lowest BCUT2D eigenvalue weighted by atomic mass is 9.85. The second-order valence-corrected chi connectivity index (χ2v) is 4.93. The molecule has 0 heterocycles. The van der Waals surface area contributed by atoms with Crippen molar-refractivity contribution in [2.45, 2.75) is 26.4 Å². The van der Waals surface area contributed by atoms with Gasteiger partial charge in [-0.1, -0.05) is 0 Å². The van der Waals surface area contributed by atoms with E-state index in [2.05, 4.69) is 0 Å². The van der Waals surface area contributed by atoms with Gasteiger partial charge in [-0.2, -0.15) is 13.2 Å². The zero-order valence-corrected chi connectivity index (χ0v) is 10.8. The van der Waals surface area contributed by atoms with Crippen LogP contribution in [0.25, 0.3) is 0 Å². The lowest BCUT2D eigenvalue weighted by Gasteiger charge is -2.20. The maximum atomic E-state index is 12.7. The molecule has 0 aromatic heterocycles. The minimum Gasteiger partial charge on any atom is -0.497 e. The van der Waals surface area contributed by atoms with Gasteiger partial charge in [-0.05, 0) is 44.0 Å². The van der Waals surface area contributed by atoms with Gasteiger partial charge in [-0.15, -0.1) is 0 Å². The first-order chi connectivity index (χ1) is 8.56. The average molecular weight is 276 g/mol. The van der Waals surface area contributed by atoms with Gasteiger partial charge in [0.25, 0.3) is 0 Å². The number of hydrogen-bond acceptors (Lipinski definition) is 2. The molecule has 3 nitrogen and oxygen atoms in total. The number of carboxylic acids is 1. The number of rotatable bonds is 4. The van der Waals surface area contributed by atoms with Gasteiger partial charge in [0, 0.05) is 0 Å². The van der Waals surface area contributed by atoms with Crippen LogP contribution in [-0.2, 0) is 17.4 Å². The minimum absolute atomic E-state index is 0.0113. The second kappa shape index (κ2) is 5.11. The summed E-state index contributed by atoms with van der Waals surface area (Å²) in [4.78, 5) is 11.0. The molecule has 0 aliphatic rings. The standard InChI is InChI=1S/C13H15F3O3/c1-12(2,11(17)18)7-8-4-9(13(14,15)16)6-10(5-8)19-3/h4-6H,7H2,1-3H3,(H,17,18). The molecule has 0 saturated heterocycles. The van der Waals surface area contributed by atoms with E-state index in [4.69, 9.17) is 9.84 Å². The number of benzene rings is 1. The molecule has 1 aromatic carbocycles. The van der Waals surface area contributed by atoms with Gasteiger partial charge in [0.15, 0.2) is 0 Å². The fraction of sp³-hybridized carbons (Fsp3) is 0.462. The predicted octanol–water partition coefficient (Wildman–Crippen LogP) is 3.37. The lowest BCUT2D eigenvalue weighted by Crippen LogP contribution is -2.26. The van der Waals surface area contributed by atoms with Crippen molar-refractivity contribution in [3.05, 3.63) is 29.3 Å². The third kappa shape index (κ3) is 3.87. The quantitative estimate of drug-likeness (QED) is 0.917. The Bertz CT molecular complexity index is 479. The van der Waals surface area contributed by atoms with Crippen LogP contribution in [0.5, 0.6) is 5.75 Å². The SMILES string of the molecule is COc1cc(CC(C)(C)C(=O)O)cc(C(F)(F)F)c1. The van der Waals surface area contributed by atoms with E-state index in [9.17, 15) is 18.0 Å². The maximum absolute atomic E-state index is 12.7. The van der Waals surface area contributed by atoms with Gasteiger partial charge in [0.05, 0.1) is 18.1 Å². The Morgan fingerprint density at radius 3 is 2.26 bits per heavy atom. The number of carboxylic acid groups (broad SMARTS) is 1. The van der Waals surface area contributed by atoms with Crippen molar-refractivity contribution in [3.8, 4) is 5.75 Å². The summed E-state index contributed by atoms with van der Waals surface area (Å²) in [6, 6.07) is 3.25. The molecule has 1 aromatic rings.